The third-order valence-electron chi connectivity index (χ3n) is 2.65. The van der Waals surface area contributed by atoms with Crippen LogP contribution in [0, 0.1) is 29.1 Å². The van der Waals surface area contributed by atoms with E-state index in [1.165, 1.54) is 0 Å². The van der Waals surface area contributed by atoms with Gasteiger partial charge < -0.3 is 9.74 Å². The second-order valence-electron chi connectivity index (χ2n) is 4.82. The first kappa shape index (κ1) is 17.6. The largest absolute Gasteiger partial charge is 0.416 e. The van der Waals surface area contributed by atoms with E-state index in [2.05, 4.69) is 5.32 Å². The fourth-order valence-corrected chi connectivity index (χ4v) is 3.10. The standard InChI is InChI=1S/C12H14F5NO2Si/c1-4-20-21(2,3)5-18-12(19)6-7(13)9(15)11(17)10(16)8(6)14/h4-5H2,1-3H3,(H,18,19). The van der Waals surface area contributed by atoms with E-state index in [0.29, 0.717) is 6.61 Å². The Balaban J connectivity index is 3.04. The summed E-state index contributed by atoms with van der Waals surface area (Å²) in [5, 5.41) is 2.14. The molecule has 0 fully saturated rings. The van der Waals surface area contributed by atoms with Crippen molar-refractivity contribution in [1.29, 1.82) is 0 Å². The minimum Gasteiger partial charge on any atom is -0.416 e. The molecule has 1 aromatic carbocycles. The number of amides is 1. The van der Waals surface area contributed by atoms with Crippen molar-refractivity contribution in [3.63, 3.8) is 0 Å². The summed E-state index contributed by atoms with van der Waals surface area (Å²) in [4.78, 5) is 11.7. The molecule has 0 aromatic heterocycles. The van der Waals surface area contributed by atoms with E-state index < -0.39 is 48.9 Å². The van der Waals surface area contributed by atoms with Crippen LogP contribution in [0.1, 0.15) is 17.3 Å². The Labute approximate surface area is 119 Å². The van der Waals surface area contributed by atoms with Gasteiger partial charge in [-0.05, 0) is 20.0 Å². The van der Waals surface area contributed by atoms with E-state index >= 15 is 0 Å². The zero-order valence-corrected chi connectivity index (χ0v) is 12.6. The first-order valence-corrected chi connectivity index (χ1v) is 9.17. The number of halogens is 5. The molecule has 0 aliphatic heterocycles. The summed E-state index contributed by atoms with van der Waals surface area (Å²) >= 11 is 0. The molecule has 0 atom stereocenters. The van der Waals surface area contributed by atoms with Gasteiger partial charge in [-0.15, -0.1) is 0 Å². The van der Waals surface area contributed by atoms with Gasteiger partial charge in [0, 0.05) is 12.8 Å². The lowest BCUT2D eigenvalue weighted by molar-refractivity contribution is 0.0945. The normalized spacial score (nSPS) is 11.6. The number of hydrogen-bond donors (Lipinski definition) is 1. The van der Waals surface area contributed by atoms with Crippen LogP contribution in [0.2, 0.25) is 13.1 Å². The van der Waals surface area contributed by atoms with E-state index in [1.54, 1.807) is 20.0 Å². The summed E-state index contributed by atoms with van der Waals surface area (Å²) in [6.07, 6.45) is -0.0286. The Morgan fingerprint density at radius 2 is 1.43 bits per heavy atom. The molecular formula is C12H14F5NO2Si. The number of carbonyl (C=O) groups is 1. The molecule has 0 saturated heterocycles. The van der Waals surface area contributed by atoms with Crippen molar-refractivity contribution < 1.29 is 31.2 Å². The first-order chi connectivity index (χ1) is 9.62. The molecular weight excluding hydrogens is 313 g/mol. The van der Waals surface area contributed by atoms with Gasteiger partial charge in [-0.1, -0.05) is 0 Å². The van der Waals surface area contributed by atoms with Crippen LogP contribution in [0.4, 0.5) is 22.0 Å². The predicted octanol–water partition coefficient (Wildman–Crippen LogP) is 2.89. The van der Waals surface area contributed by atoms with Gasteiger partial charge in [0.05, 0.1) is 0 Å². The number of benzene rings is 1. The second kappa shape index (κ2) is 6.52. The minimum atomic E-state index is -2.31. The number of rotatable bonds is 5. The molecule has 1 N–H and O–H groups in total. The lowest BCUT2D eigenvalue weighted by atomic mass is 10.1. The molecule has 0 saturated carbocycles. The molecule has 118 valence electrons. The minimum absolute atomic E-state index is 0.0286. The summed E-state index contributed by atoms with van der Waals surface area (Å²) in [5.74, 6) is -12.3. The summed E-state index contributed by atoms with van der Waals surface area (Å²) in [7, 11) is -2.31. The van der Waals surface area contributed by atoms with E-state index in [1.807, 2.05) is 0 Å². The highest BCUT2D eigenvalue weighted by atomic mass is 28.4. The molecule has 1 rings (SSSR count). The van der Waals surface area contributed by atoms with Crippen molar-refractivity contribution in [2.75, 3.05) is 12.8 Å². The summed E-state index contributed by atoms with van der Waals surface area (Å²) in [6.45, 7) is 5.59. The van der Waals surface area contributed by atoms with Gasteiger partial charge in [0.25, 0.3) is 5.91 Å². The Morgan fingerprint density at radius 3 is 1.86 bits per heavy atom. The quantitative estimate of drug-likeness (QED) is 0.391. The maximum absolute atomic E-state index is 13.4. The van der Waals surface area contributed by atoms with Crippen molar-refractivity contribution in [1.82, 2.24) is 5.32 Å². The third-order valence-corrected chi connectivity index (χ3v) is 4.74. The Bertz CT molecular complexity index is 536. The second-order valence-corrected chi connectivity index (χ2v) is 8.98. The lowest BCUT2D eigenvalue weighted by Gasteiger charge is -2.22. The van der Waals surface area contributed by atoms with Crippen molar-refractivity contribution in [3.8, 4) is 0 Å². The molecule has 1 aromatic rings. The third kappa shape index (κ3) is 3.79. The smallest absolute Gasteiger partial charge is 0.257 e. The maximum atomic E-state index is 13.4. The van der Waals surface area contributed by atoms with Gasteiger partial charge in [0.15, 0.2) is 23.3 Å². The SMILES string of the molecule is CCO[Si](C)(C)CNC(=O)c1c(F)c(F)c(F)c(F)c1F. The molecule has 3 nitrogen and oxygen atoms in total. The molecule has 0 aliphatic carbocycles. The van der Waals surface area contributed by atoms with Crippen LogP contribution in [-0.4, -0.2) is 27.0 Å². The van der Waals surface area contributed by atoms with Crippen LogP contribution >= 0.6 is 0 Å². The van der Waals surface area contributed by atoms with Gasteiger partial charge in [0.2, 0.25) is 14.1 Å². The van der Waals surface area contributed by atoms with E-state index in [4.69, 9.17) is 4.43 Å². The predicted molar refractivity (Wildman–Crippen MR) is 67.7 cm³/mol. The first-order valence-electron chi connectivity index (χ1n) is 6.06. The fraction of sp³-hybridized carbons (Fsp3) is 0.417. The van der Waals surface area contributed by atoms with Crippen LogP contribution in [0.25, 0.3) is 0 Å². The zero-order valence-electron chi connectivity index (χ0n) is 11.6. The van der Waals surface area contributed by atoms with Gasteiger partial charge >= 0.3 is 0 Å². The molecule has 0 spiro atoms. The van der Waals surface area contributed by atoms with Crippen LogP contribution in [0.5, 0.6) is 0 Å². The monoisotopic (exact) mass is 327 g/mol. The summed E-state index contributed by atoms with van der Waals surface area (Å²) in [5.41, 5.74) is -1.49. The number of hydrogen-bond acceptors (Lipinski definition) is 2. The molecule has 0 bridgehead atoms. The van der Waals surface area contributed by atoms with Crippen LogP contribution in [0.15, 0.2) is 0 Å². The highest BCUT2D eigenvalue weighted by Crippen LogP contribution is 2.22. The van der Waals surface area contributed by atoms with Crippen LogP contribution in [0.3, 0.4) is 0 Å². The van der Waals surface area contributed by atoms with Gasteiger partial charge in [-0.3, -0.25) is 4.79 Å². The summed E-state index contributed by atoms with van der Waals surface area (Å²) < 4.78 is 71.1. The average Bonchev–Trinajstić information content (AvgIpc) is 2.41. The summed E-state index contributed by atoms with van der Waals surface area (Å²) in [6, 6.07) is 0. The maximum Gasteiger partial charge on any atom is 0.257 e. The van der Waals surface area contributed by atoms with Crippen LogP contribution < -0.4 is 5.32 Å². The van der Waals surface area contributed by atoms with Crippen molar-refractivity contribution >= 4 is 14.2 Å². The average molecular weight is 327 g/mol. The van der Waals surface area contributed by atoms with Crippen LogP contribution in [-0.2, 0) is 4.43 Å². The lowest BCUT2D eigenvalue weighted by Crippen LogP contribution is -2.45. The zero-order chi connectivity index (χ0) is 16.4. The highest BCUT2D eigenvalue weighted by Gasteiger charge is 2.31. The van der Waals surface area contributed by atoms with E-state index in [-0.39, 0.29) is 6.17 Å². The Hall–Kier alpha value is -1.48. The van der Waals surface area contributed by atoms with E-state index in [0.717, 1.165) is 0 Å². The topological polar surface area (TPSA) is 38.3 Å². The Kier molecular flexibility index (Phi) is 5.46. The fourth-order valence-electron chi connectivity index (χ4n) is 1.63. The van der Waals surface area contributed by atoms with Gasteiger partial charge in [-0.25, -0.2) is 22.0 Å². The van der Waals surface area contributed by atoms with Crippen molar-refractivity contribution in [2.45, 2.75) is 20.0 Å². The molecule has 0 unspecified atom stereocenters. The van der Waals surface area contributed by atoms with Gasteiger partial charge in [-0.2, -0.15) is 0 Å². The van der Waals surface area contributed by atoms with Crippen molar-refractivity contribution in [2.24, 2.45) is 0 Å². The van der Waals surface area contributed by atoms with E-state index in [9.17, 15) is 26.7 Å². The highest BCUT2D eigenvalue weighted by molar-refractivity contribution is 6.71. The molecule has 0 aliphatic rings. The molecule has 9 heteroatoms. The van der Waals surface area contributed by atoms with Crippen molar-refractivity contribution in [3.05, 3.63) is 34.6 Å². The Morgan fingerprint density at radius 1 is 1.00 bits per heavy atom. The number of nitrogens with one attached hydrogen (secondary N) is 1. The number of carbonyl (C=O) groups excluding carboxylic acids is 1. The molecule has 1 amide bonds. The molecule has 21 heavy (non-hydrogen) atoms. The molecule has 0 radical (unpaired) electrons. The molecule has 0 heterocycles. The van der Waals surface area contributed by atoms with Gasteiger partial charge in [0.1, 0.15) is 5.56 Å².